The van der Waals surface area contributed by atoms with Crippen LogP contribution in [0.3, 0.4) is 0 Å². The second-order valence-corrected chi connectivity index (χ2v) is 2.53. The second kappa shape index (κ2) is 1.03. The van der Waals surface area contributed by atoms with Crippen molar-refractivity contribution < 1.29 is 4.74 Å². The lowest BCUT2D eigenvalue weighted by molar-refractivity contribution is 0.157. The summed E-state index contributed by atoms with van der Waals surface area (Å²) < 4.78 is 5.14. The maximum absolute atomic E-state index is 5.14. The highest BCUT2D eigenvalue weighted by atomic mass is 16.5. The Kier molecular flexibility index (Phi) is 0.571. The fourth-order valence-electron chi connectivity index (χ4n) is 1.36. The van der Waals surface area contributed by atoms with Crippen LogP contribution in [0.4, 0.5) is 0 Å². The van der Waals surface area contributed by atoms with Gasteiger partial charge in [-0.05, 0) is 24.7 Å². The zero-order valence-corrected chi connectivity index (χ0v) is 4.26. The van der Waals surface area contributed by atoms with Crippen LogP contribution in [-0.4, -0.2) is 13.2 Å². The van der Waals surface area contributed by atoms with Gasteiger partial charge in [0.15, 0.2) is 0 Å². The third-order valence-corrected chi connectivity index (χ3v) is 2.13. The number of fused-ring (bicyclic) bond motifs is 1. The molecule has 2 fully saturated rings. The Labute approximate surface area is 43.7 Å². The van der Waals surface area contributed by atoms with Gasteiger partial charge in [0, 0.05) is 0 Å². The van der Waals surface area contributed by atoms with Gasteiger partial charge in [-0.15, -0.1) is 0 Å². The third kappa shape index (κ3) is 0.367. The summed E-state index contributed by atoms with van der Waals surface area (Å²) in [4.78, 5) is 0. The molecule has 0 aromatic heterocycles. The van der Waals surface area contributed by atoms with E-state index in [9.17, 15) is 0 Å². The molecule has 0 amide bonds. The largest absolute Gasteiger partial charge is 0.381 e. The van der Waals surface area contributed by atoms with Crippen molar-refractivity contribution >= 4 is 0 Å². The number of hydrogen-bond acceptors (Lipinski definition) is 1. The fraction of sp³-hybridized carbons (Fsp3) is 0.833. The Balaban J connectivity index is 2.06. The van der Waals surface area contributed by atoms with Crippen LogP contribution in [0.1, 0.15) is 0 Å². The summed E-state index contributed by atoms with van der Waals surface area (Å²) in [5.74, 6) is 2.44. The van der Waals surface area contributed by atoms with Gasteiger partial charge >= 0.3 is 0 Å². The number of rotatable bonds is 0. The minimum atomic E-state index is 0.744. The first kappa shape index (κ1) is 3.90. The van der Waals surface area contributed by atoms with Gasteiger partial charge in [-0.25, -0.2) is 0 Å². The minimum Gasteiger partial charge on any atom is -0.381 e. The van der Waals surface area contributed by atoms with Gasteiger partial charge in [0.25, 0.3) is 0 Å². The van der Waals surface area contributed by atoms with Crippen LogP contribution in [0.2, 0.25) is 0 Å². The number of ether oxygens (including phenoxy) is 1. The zero-order chi connectivity index (χ0) is 4.85. The van der Waals surface area contributed by atoms with Crippen molar-refractivity contribution in [3.8, 4) is 0 Å². The molecule has 1 heteroatoms. The Morgan fingerprint density at radius 3 is 2.14 bits per heavy atom. The van der Waals surface area contributed by atoms with Gasteiger partial charge in [-0.2, -0.15) is 0 Å². The van der Waals surface area contributed by atoms with E-state index in [0.29, 0.717) is 0 Å². The summed E-state index contributed by atoms with van der Waals surface area (Å²) in [6.45, 7) is 5.92. The van der Waals surface area contributed by atoms with E-state index in [1.165, 1.54) is 0 Å². The van der Waals surface area contributed by atoms with Crippen molar-refractivity contribution in [1.82, 2.24) is 0 Å². The Hall–Kier alpha value is -0.0400. The molecule has 0 aromatic rings. The summed E-state index contributed by atoms with van der Waals surface area (Å²) in [6, 6.07) is 0. The maximum atomic E-state index is 5.14. The summed E-state index contributed by atoms with van der Waals surface area (Å²) in [5, 5.41) is 0. The van der Waals surface area contributed by atoms with Crippen molar-refractivity contribution in [2.24, 2.45) is 17.8 Å². The molecule has 2 atom stereocenters. The minimum absolute atomic E-state index is 0.744. The monoisotopic (exact) mass is 97.1 g/mol. The summed E-state index contributed by atoms with van der Waals surface area (Å²) >= 11 is 0. The van der Waals surface area contributed by atoms with Gasteiger partial charge in [-0.1, -0.05) is 0 Å². The maximum Gasteiger partial charge on any atom is 0.0500 e. The van der Waals surface area contributed by atoms with Crippen LogP contribution in [0, 0.1) is 24.7 Å². The third-order valence-electron chi connectivity index (χ3n) is 2.13. The van der Waals surface area contributed by atoms with E-state index in [1.54, 1.807) is 0 Å². The molecule has 1 aliphatic heterocycles. The molecule has 2 aliphatic rings. The van der Waals surface area contributed by atoms with Crippen LogP contribution in [0.25, 0.3) is 0 Å². The van der Waals surface area contributed by atoms with Crippen molar-refractivity contribution in [2.75, 3.05) is 13.2 Å². The predicted molar refractivity (Wildman–Crippen MR) is 26.6 cm³/mol. The van der Waals surface area contributed by atoms with Crippen LogP contribution in [0.5, 0.6) is 0 Å². The molecule has 1 saturated heterocycles. The lowest BCUT2D eigenvalue weighted by atomic mass is 10.4. The molecule has 2 rings (SSSR count). The van der Waals surface area contributed by atoms with Gasteiger partial charge in [0.05, 0.1) is 13.2 Å². The van der Waals surface area contributed by atoms with Crippen LogP contribution in [0.15, 0.2) is 0 Å². The van der Waals surface area contributed by atoms with E-state index >= 15 is 0 Å². The molecule has 1 heterocycles. The first-order valence-corrected chi connectivity index (χ1v) is 2.80. The first-order valence-electron chi connectivity index (χ1n) is 2.80. The van der Waals surface area contributed by atoms with Crippen molar-refractivity contribution in [3.63, 3.8) is 0 Å². The SMILES string of the molecule is [CH2]C1C2COCC12. The average molecular weight is 97.1 g/mol. The second-order valence-electron chi connectivity index (χ2n) is 2.53. The Morgan fingerprint density at radius 2 is 1.86 bits per heavy atom. The van der Waals surface area contributed by atoms with Gasteiger partial charge in [0.1, 0.15) is 0 Å². The highest BCUT2D eigenvalue weighted by Gasteiger charge is 2.50. The molecule has 0 aromatic carbocycles. The lowest BCUT2D eigenvalue weighted by Crippen LogP contribution is -1.93. The van der Waals surface area contributed by atoms with Gasteiger partial charge < -0.3 is 4.74 Å². The first-order chi connectivity index (χ1) is 3.39. The topological polar surface area (TPSA) is 9.23 Å². The molecular formula is C6H9O. The molecule has 1 saturated carbocycles. The highest BCUT2D eigenvalue weighted by molar-refractivity contribution is 5.01. The molecule has 1 aliphatic carbocycles. The van der Waals surface area contributed by atoms with E-state index in [4.69, 9.17) is 4.74 Å². The van der Waals surface area contributed by atoms with E-state index in [0.717, 1.165) is 31.0 Å². The quantitative estimate of drug-likeness (QED) is 0.432. The molecule has 2 unspecified atom stereocenters. The van der Waals surface area contributed by atoms with Crippen molar-refractivity contribution in [1.29, 1.82) is 0 Å². The lowest BCUT2D eigenvalue weighted by Gasteiger charge is -1.93. The zero-order valence-electron chi connectivity index (χ0n) is 4.26. The summed E-state index contributed by atoms with van der Waals surface area (Å²) in [6.07, 6.45) is 0. The average Bonchev–Trinajstić information content (AvgIpc) is 2.26. The summed E-state index contributed by atoms with van der Waals surface area (Å²) in [7, 11) is 0. The van der Waals surface area contributed by atoms with Gasteiger partial charge in [-0.3, -0.25) is 0 Å². The summed E-state index contributed by atoms with van der Waals surface area (Å²) in [5.41, 5.74) is 0. The molecule has 0 spiro atoms. The molecule has 1 radical (unpaired) electrons. The van der Waals surface area contributed by atoms with Crippen LogP contribution >= 0.6 is 0 Å². The molecule has 39 valence electrons. The van der Waals surface area contributed by atoms with E-state index in [-0.39, 0.29) is 0 Å². The van der Waals surface area contributed by atoms with Gasteiger partial charge in [0.2, 0.25) is 0 Å². The van der Waals surface area contributed by atoms with Crippen molar-refractivity contribution in [3.05, 3.63) is 6.92 Å². The standard InChI is InChI=1S/C6H9O/c1-4-5-2-7-3-6(4)5/h4-6H,1-3H2. The Morgan fingerprint density at radius 1 is 1.29 bits per heavy atom. The van der Waals surface area contributed by atoms with E-state index in [2.05, 4.69) is 6.92 Å². The highest BCUT2D eigenvalue weighted by Crippen LogP contribution is 2.49. The molecule has 0 N–H and O–H groups in total. The Bertz CT molecular complexity index is 80.2. The molecule has 0 bridgehead atoms. The predicted octanol–water partition coefficient (Wildman–Crippen LogP) is 0.713. The van der Waals surface area contributed by atoms with Crippen molar-refractivity contribution in [2.45, 2.75) is 0 Å². The smallest absolute Gasteiger partial charge is 0.0500 e. The van der Waals surface area contributed by atoms with E-state index in [1.807, 2.05) is 0 Å². The molecular weight excluding hydrogens is 88.1 g/mol. The fourth-order valence-corrected chi connectivity index (χ4v) is 1.36. The normalized spacial score (nSPS) is 57.0. The molecule has 7 heavy (non-hydrogen) atoms. The van der Waals surface area contributed by atoms with Crippen LogP contribution < -0.4 is 0 Å². The number of hydrogen-bond donors (Lipinski definition) is 0. The molecule has 1 nitrogen and oxygen atoms in total. The van der Waals surface area contributed by atoms with E-state index < -0.39 is 0 Å². The van der Waals surface area contributed by atoms with Crippen LogP contribution in [-0.2, 0) is 4.74 Å².